The lowest BCUT2D eigenvalue weighted by Crippen LogP contribution is -2.61. The average Bonchev–Trinajstić information content (AvgIpc) is 3.12. The quantitative estimate of drug-likeness (QED) is 0.253. The van der Waals surface area contributed by atoms with Gasteiger partial charge in [0, 0.05) is 31.7 Å². The number of hydrogen-bond acceptors (Lipinski definition) is 8. The Hall–Kier alpha value is -2.42. The van der Waals surface area contributed by atoms with Crippen LogP contribution in [0.25, 0.3) is 0 Å². The first kappa shape index (κ1) is 19.5. The summed E-state index contributed by atoms with van der Waals surface area (Å²) in [5, 5.41) is 15.6. The first-order chi connectivity index (χ1) is 14.2. The van der Waals surface area contributed by atoms with Gasteiger partial charge in [-0.25, -0.2) is 4.79 Å². The van der Waals surface area contributed by atoms with Crippen LogP contribution in [-0.4, -0.2) is 76.7 Å². The van der Waals surface area contributed by atoms with E-state index in [-0.39, 0.29) is 23.5 Å². The molecular formula is C16H23N7O6S. The van der Waals surface area contributed by atoms with Crippen LogP contribution in [0.1, 0.15) is 36.8 Å². The topological polar surface area (TPSA) is 178 Å². The summed E-state index contributed by atoms with van der Waals surface area (Å²) in [6, 6.07) is 0.640. The number of piperidine rings is 1. The molecule has 1 spiro atoms. The molecule has 0 aromatic carbocycles. The number of urea groups is 1. The second-order valence-electron chi connectivity index (χ2n) is 8.45. The number of guanidine groups is 1. The van der Waals surface area contributed by atoms with Gasteiger partial charge in [-0.2, -0.15) is 13.5 Å². The van der Waals surface area contributed by atoms with E-state index >= 15 is 0 Å². The van der Waals surface area contributed by atoms with Gasteiger partial charge >= 0.3 is 16.4 Å². The highest BCUT2D eigenvalue weighted by Gasteiger charge is 2.64. The van der Waals surface area contributed by atoms with Gasteiger partial charge in [0.15, 0.2) is 11.7 Å². The molecule has 1 aromatic rings. The molecule has 5 rings (SSSR count). The van der Waals surface area contributed by atoms with Crippen molar-refractivity contribution < 1.29 is 26.6 Å². The van der Waals surface area contributed by atoms with Crippen LogP contribution in [0.3, 0.4) is 0 Å². The number of nitrogens with zero attached hydrogens (tertiary/aromatic N) is 4. The minimum atomic E-state index is -4.79. The molecule has 0 radical (unpaired) electrons. The van der Waals surface area contributed by atoms with Gasteiger partial charge in [0.25, 0.3) is 0 Å². The third-order valence-electron chi connectivity index (χ3n) is 6.54. The lowest BCUT2D eigenvalue weighted by atomic mass is 9.84. The molecule has 3 saturated heterocycles. The Morgan fingerprint density at radius 1 is 1.43 bits per heavy atom. The van der Waals surface area contributed by atoms with Crippen LogP contribution < -0.4 is 11.1 Å². The summed E-state index contributed by atoms with van der Waals surface area (Å²) in [5.41, 5.74) is 5.80. The Morgan fingerprint density at radius 2 is 2.17 bits per heavy atom. The van der Waals surface area contributed by atoms with Gasteiger partial charge in [-0.1, -0.05) is 5.16 Å². The second kappa shape index (κ2) is 6.54. The number of nitrogens with one attached hydrogen (secondary N) is 2. The molecular weight excluding hydrogens is 418 g/mol. The molecule has 4 heterocycles. The van der Waals surface area contributed by atoms with E-state index in [2.05, 4.69) is 14.8 Å². The summed E-state index contributed by atoms with van der Waals surface area (Å²) in [4.78, 5) is 16.0. The van der Waals surface area contributed by atoms with E-state index in [0.29, 0.717) is 44.1 Å². The van der Waals surface area contributed by atoms with Crippen LogP contribution in [0, 0.1) is 10.8 Å². The van der Waals surface area contributed by atoms with E-state index in [0.717, 1.165) is 17.9 Å². The third-order valence-corrected chi connectivity index (χ3v) is 6.89. The van der Waals surface area contributed by atoms with Crippen LogP contribution in [0.2, 0.25) is 0 Å². The molecule has 0 unspecified atom stereocenters. The van der Waals surface area contributed by atoms with Gasteiger partial charge in [-0.3, -0.25) is 9.96 Å². The molecule has 4 fully saturated rings. The molecule has 164 valence electrons. The van der Waals surface area contributed by atoms with Crippen molar-refractivity contribution in [2.75, 3.05) is 19.6 Å². The second-order valence-corrected chi connectivity index (χ2v) is 9.45. The monoisotopic (exact) mass is 441 g/mol. The number of amides is 2. The molecule has 1 aromatic heterocycles. The SMILES string of the molecule is N=C(N)N1CC(NCc2cc([C@@H]3CC4(CC4)[C@@H]4CN3C(=O)N4OS(=O)(=O)O)no2)C1. The summed E-state index contributed by atoms with van der Waals surface area (Å²) < 4.78 is 41.4. The number of hydrogen-bond donors (Lipinski definition) is 4. The predicted octanol–water partition coefficient (Wildman–Crippen LogP) is -0.593. The Morgan fingerprint density at radius 3 is 2.80 bits per heavy atom. The fraction of sp³-hybridized carbons (Fsp3) is 0.688. The molecule has 1 saturated carbocycles. The van der Waals surface area contributed by atoms with E-state index in [4.69, 9.17) is 20.2 Å². The molecule has 14 heteroatoms. The smallest absolute Gasteiger partial charge is 0.370 e. The molecule has 5 N–H and O–H groups in total. The average molecular weight is 441 g/mol. The van der Waals surface area contributed by atoms with Crippen molar-refractivity contribution in [3.05, 3.63) is 17.5 Å². The fourth-order valence-electron chi connectivity index (χ4n) is 4.70. The number of carbonyl (C=O) groups excluding carboxylic acids is 1. The molecule has 3 aliphatic heterocycles. The summed E-state index contributed by atoms with van der Waals surface area (Å²) >= 11 is 0. The minimum absolute atomic E-state index is 0.0573. The normalized spacial score (nSPS) is 27.6. The molecule has 30 heavy (non-hydrogen) atoms. The van der Waals surface area contributed by atoms with Gasteiger partial charge in [0.2, 0.25) is 0 Å². The van der Waals surface area contributed by atoms with Crippen molar-refractivity contribution in [2.45, 2.75) is 43.9 Å². The molecule has 2 bridgehead atoms. The summed E-state index contributed by atoms with van der Waals surface area (Å²) in [6.07, 6.45) is 2.33. The highest BCUT2D eigenvalue weighted by Crippen LogP contribution is 2.61. The van der Waals surface area contributed by atoms with Gasteiger partial charge in [-0.15, -0.1) is 4.28 Å². The number of nitrogens with two attached hydrogens (primary N) is 1. The Labute approximate surface area is 172 Å². The zero-order valence-corrected chi connectivity index (χ0v) is 16.8. The maximum atomic E-state index is 12.8. The van der Waals surface area contributed by atoms with Gasteiger partial charge < -0.3 is 25.4 Å². The van der Waals surface area contributed by atoms with E-state index in [1.54, 1.807) is 11.0 Å². The number of likely N-dealkylation sites (tertiary alicyclic amines) is 1. The van der Waals surface area contributed by atoms with E-state index in [1.807, 2.05) is 0 Å². The first-order valence-electron chi connectivity index (χ1n) is 9.70. The number of carbonyl (C=O) groups is 1. The Kier molecular flexibility index (Phi) is 4.26. The predicted molar refractivity (Wildman–Crippen MR) is 100 cm³/mol. The zero-order chi connectivity index (χ0) is 21.3. The molecule has 1 aliphatic carbocycles. The van der Waals surface area contributed by atoms with Crippen LogP contribution in [0.5, 0.6) is 0 Å². The maximum absolute atomic E-state index is 12.8. The van der Waals surface area contributed by atoms with E-state index in [9.17, 15) is 13.2 Å². The number of hydroxylamine groups is 2. The van der Waals surface area contributed by atoms with Crippen molar-refractivity contribution in [2.24, 2.45) is 11.1 Å². The lowest BCUT2D eigenvalue weighted by molar-refractivity contribution is -0.0527. The third kappa shape index (κ3) is 3.29. The standard InChI is InChI=1S/C16H23N7O6S/c17-14(18)21-6-9(7-21)19-5-10-3-11(20-28-10)12-4-16(1-2-16)13-8-22(12)15(24)23(13)29-30(25,26)27/h3,9,12-13,19H,1-2,4-8H2,(H3,17,18)(H,25,26,27)/t12-,13-/m0/s1. The van der Waals surface area contributed by atoms with E-state index in [1.165, 1.54) is 4.90 Å². The number of fused-ring (bicyclic) bond motifs is 3. The largest absolute Gasteiger partial charge is 0.418 e. The summed E-state index contributed by atoms with van der Waals surface area (Å²) in [6.45, 7) is 2.09. The molecule has 13 nitrogen and oxygen atoms in total. The van der Waals surface area contributed by atoms with Crippen molar-refractivity contribution >= 4 is 22.4 Å². The van der Waals surface area contributed by atoms with Crippen LogP contribution >= 0.6 is 0 Å². The highest BCUT2D eigenvalue weighted by molar-refractivity contribution is 7.80. The van der Waals surface area contributed by atoms with Crippen LogP contribution in [-0.2, 0) is 21.2 Å². The van der Waals surface area contributed by atoms with Crippen LogP contribution in [0.15, 0.2) is 10.6 Å². The molecule has 4 aliphatic rings. The summed E-state index contributed by atoms with van der Waals surface area (Å²) in [7, 11) is -4.79. The van der Waals surface area contributed by atoms with Crippen molar-refractivity contribution in [1.29, 1.82) is 5.41 Å². The maximum Gasteiger partial charge on any atom is 0.418 e. The van der Waals surface area contributed by atoms with Gasteiger partial charge in [0.1, 0.15) is 5.69 Å². The molecule has 2 amide bonds. The number of rotatable bonds is 6. The number of aromatic nitrogens is 1. The zero-order valence-electron chi connectivity index (χ0n) is 16.0. The first-order valence-corrected chi connectivity index (χ1v) is 11.1. The van der Waals surface area contributed by atoms with Gasteiger partial charge in [-0.05, 0) is 24.7 Å². The Balaban J connectivity index is 1.27. The lowest BCUT2D eigenvalue weighted by Gasteiger charge is -2.39. The van der Waals surface area contributed by atoms with Gasteiger partial charge in [0.05, 0.1) is 18.6 Å². The minimum Gasteiger partial charge on any atom is -0.370 e. The van der Waals surface area contributed by atoms with Crippen LogP contribution in [0.4, 0.5) is 4.79 Å². The van der Waals surface area contributed by atoms with E-state index < -0.39 is 22.5 Å². The highest BCUT2D eigenvalue weighted by atomic mass is 32.3. The fourth-order valence-corrected chi connectivity index (χ4v) is 5.07. The Bertz CT molecular complexity index is 986. The van der Waals surface area contributed by atoms with Crippen molar-refractivity contribution in [1.82, 2.24) is 25.3 Å². The van der Waals surface area contributed by atoms with Crippen molar-refractivity contribution in [3.63, 3.8) is 0 Å². The molecule has 2 atom stereocenters. The van der Waals surface area contributed by atoms with Crippen molar-refractivity contribution in [3.8, 4) is 0 Å². The summed E-state index contributed by atoms with van der Waals surface area (Å²) in [5.74, 6) is 0.679.